The minimum absolute atomic E-state index is 0.0590. The van der Waals surface area contributed by atoms with Crippen LogP contribution in [0.15, 0.2) is 24.3 Å². The molecule has 14 heteroatoms. The molecule has 4 unspecified atom stereocenters. The van der Waals surface area contributed by atoms with E-state index in [4.69, 9.17) is 16.6 Å². The summed E-state index contributed by atoms with van der Waals surface area (Å²) in [5.74, 6) is -6.46. The molecule has 0 bridgehead atoms. The van der Waals surface area contributed by atoms with Crippen molar-refractivity contribution in [1.29, 1.82) is 0 Å². The van der Waals surface area contributed by atoms with Crippen molar-refractivity contribution in [2.24, 2.45) is 11.5 Å². The number of carboxylic acid groups (broad SMARTS) is 2. The van der Waals surface area contributed by atoms with Crippen molar-refractivity contribution in [3.8, 4) is 5.75 Å². The Kier molecular flexibility index (Phi) is 11.1. The number of primary amides is 1. The van der Waals surface area contributed by atoms with Crippen LogP contribution < -0.4 is 27.4 Å². The number of hydrogen-bond donors (Lipinski definition) is 8. The third-order valence-electron chi connectivity index (χ3n) is 4.73. The zero-order chi connectivity index (χ0) is 26.7. The number of aliphatic carboxylic acids is 2. The number of phenols is 1. The van der Waals surface area contributed by atoms with Crippen molar-refractivity contribution < 1.29 is 44.1 Å². The van der Waals surface area contributed by atoms with Crippen molar-refractivity contribution in [3.63, 3.8) is 0 Å². The molecule has 4 amide bonds. The van der Waals surface area contributed by atoms with Gasteiger partial charge in [0.05, 0.1) is 12.5 Å². The zero-order valence-corrected chi connectivity index (χ0v) is 18.9. The van der Waals surface area contributed by atoms with Crippen molar-refractivity contribution >= 4 is 35.6 Å². The van der Waals surface area contributed by atoms with Crippen molar-refractivity contribution in [2.75, 3.05) is 0 Å². The molecular formula is C21H29N5O9. The van der Waals surface area contributed by atoms with E-state index in [1.807, 2.05) is 0 Å². The van der Waals surface area contributed by atoms with Crippen LogP contribution in [0, 0.1) is 0 Å². The molecule has 0 aliphatic rings. The molecule has 4 atom stereocenters. The second-order valence-electron chi connectivity index (χ2n) is 7.78. The quantitative estimate of drug-likeness (QED) is 0.135. The van der Waals surface area contributed by atoms with Crippen LogP contribution in [0.1, 0.15) is 31.7 Å². The Morgan fingerprint density at radius 1 is 0.857 bits per heavy atom. The number of nitrogens with one attached hydrogen (secondary N) is 3. The number of aromatic hydroxyl groups is 1. The Balaban J connectivity index is 3.15. The van der Waals surface area contributed by atoms with Gasteiger partial charge in [0, 0.05) is 12.8 Å². The van der Waals surface area contributed by atoms with E-state index >= 15 is 0 Å². The van der Waals surface area contributed by atoms with Crippen molar-refractivity contribution in [2.45, 2.75) is 56.8 Å². The summed E-state index contributed by atoms with van der Waals surface area (Å²) in [6, 6.07) is 0.0344. The minimum Gasteiger partial charge on any atom is -0.508 e. The molecule has 0 saturated carbocycles. The van der Waals surface area contributed by atoms with Crippen LogP contribution in [-0.2, 0) is 35.2 Å². The number of carbonyl (C=O) groups is 6. The lowest BCUT2D eigenvalue weighted by Gasteiger charge is -2.24. The Morgan fingerprint density at radius 3 is 1.86 bits per heavy atom. The normalized spacial score (nSPS) is 14.0. The van der Waals surface area contributed by atoms with E-state index in [-0.39, 0.29) is 25.0 Å². The Hall–Kier alpha value is -4.20. The summed E-state index contributed by atoms with van der Waals surface area (Å²) in [4.78, 5) is 71.3. The highest BCUT2D eigenvalue weighted by Gasteiger charge is 2.31. The molecular weight excluding hydrogens is 466 g/mol. The highest BCUT2D eigenvalue weighted by atomic mass is 16.4. The van der Waals surface area contributed by atoms with Gasteiger partial charge in [-0.2, -0.15) is 0 Å². The molecule has 0 heterocycles. The number of amides is 4. The van der Waals surface area contributed by atoms with Gasteiger partial charge in [-0.3, -0.25) is 24.0 Å². The van der Waals surface area contributed by atoms with E-state index in [1.165, 1.54) is 31.2 Å². The number of hydrogen-bond acceptors (Lipinski definition) is 8. The van der Waals surface area contributed by atoms with Crippen LogP contribution >= 0.6 is 0 Å². The summed E-state index contributed by atoms with van der Waals surface area (Å²) in [6.07, 6.45) is -1.62. The Morgan fingerprint density at radius 2 is 1.37 bits per heavy atom. The van der Waals surface area contributed by atoms with Crippen LogP contribution in [0.3, 0.4) is 0 Å². The molecule has 35 heavy (non-hydrogen) atoms. The first-order valence-corrected chi connectivity index (χ1v) is 10.5. The van der Waals surface area contributed by atoms with Gasteiger partial charge in [0.15, 0.2) is 0 Å². The molecule has 0 radical (unpaired) electrons. The Bertz CT molecular complexity index is 949. The average Bonchev–Trinajstić information content (AvgIpc) is 2.76. The first-order chi connectivity index (χ1) is 16.3. The molecule has 1 rings (SSSR count). The first-order valence-electron chi connectivity index (χ1n) is 10.5. The number of carboxylic acids is 2. The van der Waals surface area contributed by atoms with E-state index in [9.17, 15) is 39.0 Å². The molecule has 14 nitrogen and oxygen atoms in total. The maximum Gasteiger partial charge on any atom is 0.326 e. The summed E-state index contributed by atoms with van der Waals surface area (Å²) in [5, 5.41) is 34.6. The third kappa shape index (κ3) is 10.5. The number of rotatable bonds is 14. The lowest BCUT2D eigenvalue weighted by atomic mass is 10.0. The van der Waals surface area contributed by atoms with Crippen molar-refractivity contribution in [1.82, 2.24) is 16.0 Å². The fourth-order valence-electron chi connectivity index (χ4n) is 2.85. The summed E-state index contributed by atoms with van der Waals surface area (Å²) in [7, 11) is 0. The van der Waals surface area contributed by atoms with Crippen molar-refractivity contribution in [3.05, 3.63) is 29.8 Å². The van der Waals surface area contributed by atoms with Gasteiger partial charge >= 0.3 is 11.9 Å². The van der Waals surface area contributed by atoms with Crippen LogP contribution in [0.2, 0.25) is 0 Å². The molecule has 0 aromatic heterocycles. The summed E-state index contributed by atoms with van der Waals surface area (Å²) < 4.78 is 0. The largest absolute Gasteiger partial charge is 0.508 e. The number of benzene rings is 1. The third-order valence-corrected chi connectivity index (χ3v) is 4.73. The average molecular weight is 495 g/mol. The number of carbonyl (C=O) groups excluding carboxylic acids is 4. The molecule has 0 saturated heterocycles. The van der Waals surface area contributed by atoms with Gasteiger partial charge in [-0.15, -0.1) is 0 Å². The predicted molar refractivity (Wildman–Crippen MR) is 120 cm³/mol. The van der Waals surface area contributed by atoms with Crippen LogP contribution in [-0.4, -0.2) is 75.1 Å². The second-order valence-corrected chi connectivity index (χ2v) is 7.78. The summed E-state index contributed by atoms with van der Waals surface area (Å²) in [6.45, 7) is 1.32. The number of nitrogens with two attached hydrogens (primary N) is 2. The molecule has 0 spiro atoms. The van der Waals surface area contributed by atoms with E-state index in [1.54, 1.807) is 0 Å². The Labute approximate surface area is 200 Å². The summed E-state index contributed by atoms with van der Waals surface area (Å²) in [5.41, 5.74) is 10.9. The molecule has 0 aliphatic heterocycles. The van der Waals surface area contributed by atoms with Gasteiger partial charge in [-0.05, 0) is 31.0 Å². The monoisotopic (exact) mass is 495 g/mol. The van der Waals surface area contributed by atoms with Crippen LogP contribution in [0.5, 0.6) is 5.75 Å². The standard InChI is InChI=1S/C21H29N5O9/c1-10(22)18(31)25-15(9-17(29)30)20(33)26-14(8-11-2-4-12(27)5-3-11)19(32)24-13(21(34)35)6-7-16(23)28/h2-5,10,13-15,27H,6-9,22H2,1H3,(H2,23,28)(H,24,32)(H,25,31)(H,26,33)(H,29,30)(H,34,35). The number of phenolic OH excluding ortho intramolecular Hbond substituents is 1. The molecule has 192 valence electrons. The van der Waals surface area contributed by atoms with Gasteiger partial charge in [-0.1, -0.05) is 12.1 Å². The SMILES string of the molecule is CC(N)C(=O)NC(CC(=O)O)C(=O)NC(Cc1ccc(O)cc1)C(=O)NC(CCC(N)=O)C(=O)O. The topological polar surface area (TPSA) is 251 Å². The zero-order valence-electron chi connectivity index (χ0n) is 18.9. The van der Waals surface area contributed by atoms with E-state index in [0.717, 1.165) is 0 Å². The van der Waals surface area contributed by atoms with Gasteiger partial charge in [-0.25, -0.2) is 4.79 Å². The van der Waals surface area contributed by atoms with Gasteiger partial charge in [0.1, 0.15) is 23.9 Å². The lowest BCUT2D eigenvalue weighted by Crippen LogP contribution is -2.57. The molecule has 0 fully saturated rings. The molecule has 1 aromatic carbocycles. The van der Waals surface area contributed by atoms with Gasteiger partial charge in [0.25, 0.3) is 0 Å². The minimum atomic E-state index is -1.58. The fraction of sp³-hybridized carbons (Fsp3) is 0.429. The van der Waals surface area contributed by atoms with E-state index < -0.39 is 66.2 Å². The predicted octanol–water partition coefficient (Wildman–Crippen LogP) is -2.44. The lowest BCUT2D eigenvalue weighted by molar-refractivity contribution is -0.143. The van der Waals surface area contributed by atoms with Gasteiger partial charge in [0.2, 0.25) is 23.6 Å². The second kappa shape index (κ2) is 13.5. The molecule has 0 aliphatic carbocycles. The summed E-state index contributed by atoms with van der Waals surface area (Å²) >= 11 is 0. The fourth-order valence-corrected chi connectivity index (χ4v) is 2.85. The maximum atomic E-state index is 12.9. The van der Waals surface area contributed by atoms with Gasteiger partial charge < -0.3 is 42.7 Å². The smallest absolute Gasteiger partial charge is 0.326 e. The maximum absolute atomic E-state index is 12.9. The van der Waals surface area contributed by atoms with Crippen LogP contribution in [0.25, 0.3) is 0 Å². The van der Waals surface area contributed by atoms with Crippen LogP contribution in [0.4, 0.5) is 0 Å². The van der Waals surface area contributed by atoms with E-state index in [2.05, 4.69) is 16.0 Å². The first kappa shape index (κ1) is 28.8. The highest BCUT2D eigenvalue weighted by molar-refractivity contribution is 5.95. The van der Waals surface area contributed by atoms with E-state index in [0.29, 0.717) is 5.56 Å². The molecule has 10 N–H and O–H groups in total. The molecule has 1 aromatic rings. The highest BCUT2D eigenvalue weighted by Crippen LogP contribution is 2.12.